The van der Waals surface area contributed by atoms with Gasteiger partial charge in [0.15, 0.2) is 0 Å². The molecule has 3 rings (SSSR count). The zero-order valence-electron chi connectivity index (χ0n) is 12.3. The van der Waals surface area contributed by atoms with E-state index >= 15 is 0 Å². The Balaban J connectivity index is 1.84. The van der Waals surface area contributed by atoms with Crippen LogP contribution < -0.4 is 5.32 Å². The average Bonchev–Trinajstić information content (AvgIpc) is 3.14. The lowest BCUT2D eigenvalue weighted by molar-refractivity contribution is -0.389. The van der Waals surface area contributed by atoms with Gasteiger partial charge in [-0.05, 0) is 4.92 Å². The number of fused-ring (bicyclic) bond motifs is 1. The third-order valence-electron chi connectivity index (χ3n) is 3.10. The number of thiazole rings is 1. The number of aromatic nitrogens is 4. The Kier molecular flexibility index (Phi) is 3.70. The van der Waals surface area contributed by atoms with Gasteiger partial charge < -0.3 is 20.3 Å². The normalized spacial score (nSPS) is 10.9. The number of carbonyl (C=O) groups is 1. The SMILES string of the molecule is CN(C)C(=O)Cn1cc(Nc2nc3sccn3c2[N+](=O)[O-])cn1. The molecule has 0 aliphatic carbocycles. The number of rotatable bonds is 5. The maximum atomic E-state index is 11.6. The van der Waals surface area contributed by atoms with E-state index in [1.165, 1.54) is 31.5 Å². The number of likely N-dealkylation sites (N-methyl/N-ethyl adjacent to an activating group) is 1. The zero-order chi connectivity index (χ0) is 16.6. The van der Waals surface area contributed by atoms with E-state index in [1.54, 1.807) is 31.9 Å². The molecular weight excluding hydrogens is 322 g/mol. The van der Waals surface area contributed by atoms with Gasteiger partial charge in [-0.15, -0.1) is 0 Å². The number of imidazole rings is 1. The third-order valence-corrected chi connectivity index (χ3v) is 3.86. The van der Waals surface area contributed by atoms with E-state index in [0.717, 1.165) is 0 Å². The van der Waals surface area contributed by atoms with Gasteiger partial charge in [0.2, 0.25) is 11.7 Å². The highest BCUT2D eigenvalue weighted by Gasteiger charge is 2.24. The summed E-state index contributed by atoms with van der Waals surface area (Å²) in [7, 11) is 3.32. The first-order valence-corrected chi connectivity index (χ1v) is 7.43. The van der Waals surface area contributed by atoms with Crippen LogP contribution in [0, 0.1) is 10.1 Å². The second-order valence-corrected chi connectivity index (χ2v) is 5.81. The minimum absolute atomic E-state index is 0.0923. The Morgan fingerprint density at radius 3 is 3.00 bits per heavy atom. The lowest BCUT2D eigenvalue weighted by Crippen LogP contribution is -2.26. The summed E-state index contributed by atoms with van der Waals surface area (Å²) < 4.78 is 2.86. The van der Waals surface area contributed by atoms with Crippen molar-refractivity contribution in [1.29, 1.82) is 0 Å². The van der Waals surface area contributed by atoms with E-state index in [2.05, 4.69) is 15.4 Å². The summed E-state index contributed by atoms with van der Waals surface area (Å²) in [6.07, 6.45) is 4.67. The van der Waals surface area contributed by atoms with E-state index in [4.69, 9.17) is 0 Å². The van der Waals surface area contributed by atoms with Crippen LogP contribution in [0.4, 0.5) is 17.3 Å². The van der Waals surface area contributed by atoms with Gasteiger partial charge in [0.25, 0.3) is 4.96 Å². The van der Waals surface area contributed by atoms with Crippen LogP contribution >= 0.6 is 11.3 Å². The van der Waals surface area contributed by atoms with Gasteiger partial charge in [0, 0.05) is 25.7 Å². The number of carbonyl (C=O) groups excluding carboxylic acids is 1. The van der Waals surface area contributed by atoms with Crippen LogP contribution in [0.25, 0.3) is 4.96 Å². The summed E-state index contributed by atoms with van der Waals surface area (Å²) >= 11 is 1.30. The number of amides is 1. The van der Waals surface area contributed by atoms with Crippen LogP contribution in [0.1, 0.15) is 0 Å². The van der Waals surface area contributed by atoms with Crippen molar-refractivity contribution in [3.63, 3.8) is 0 Å². The fourth-order valence-corrected chi connectivity index (χ4v) is 2.67. The maximum Gasteiger partial charge on any atom is 0.373 e. The largest absolute Gasteiger partial charge is 0.373 e. The lowest BCUT2D eigenvalue weighted by Gasteiger charge is -2.09. The van der Waals surface area contributed by atoms with Gasteiger partial charge in [0.05, 0.1) is 11.9 Å². The Bertz CT molecular complexity index is 878. The molecule has 0 unspecified atom stereocenters. The summed E-state index contributed by atoms with van der Waals surface area (Å²) in [6, 6.07) is 0. The monoisotopic (exact) mass is 335 g/mol. The number of nitrogens with zero attached hydrogens (tertiary/aromatic N) is 6. The van der Waals surface area contributed by atoms with Crippen LogP contribution in [-0.4, -0.2) is 49.0 Å². The van der Waals surface area contributed by atoms with Crippen molar-refractivity contribution in [2.24, 2.45) is 0 Å². The molecule has 0 radical (unpaired) electrons. The van der Waals surface area contributed by atoms with Gasteiger partial charge in [-0.1, -0.05) is 11.3 Å². The van der Waals surface area contributed by atoms with Crippen LogP contribution in [-0.2, 0) is 11.3 Å². The van der Waals surface area contributed by atoms with Crippen molar-refractivity contribution in [3.05, 3.63) is 34.1 Å². The van der Waals surface area contributed by atoms with Gasteiger partial charge in [-0.25, -0.2) is 0 Å². The molecule has 3 aromatic heterocycles. The van der Waals surface area contributed by atoms with Crippen LogP contribution in [0.15, 0.2) is 24.0 Å². The van der Waals surface area contributed by atoms with Crippen molar-refractivity contribution < 1.29 is 9.72 Å². The summed E-state index contributed by atoms with van der Waals surface area (Å²) in [5.74, 6) is -0.105. The molecule has 3 aromatic rings. The molecule has 3 heterocycles. The highest BCUT2D eigenvalue weighted by molar-refractivity contribution is 7.15. The predicted octanol–water partition coefficient (Wildman–Crippen LogP) is 1.33. The summed E-state index contributed by atoms with van der Waals surface area (Å²) in [6.45, 7) is 0.0923. The summed E-state index contributed by atoms with van der Waals surface area (Å²) in [4.78, 5) is 28.6. The first kappa shape index (κ1) is 15.0. The minimum Gasteiger partial charge on any atom is -0.358 e. The Labute approximate surface area is 134 Å². The Morgan fingerprint density at radius 2 is 2.30 bits per heavy atom. The highest BCUT2D eigenvalue weighted by Crippen LogP contribution is 2.30. The average molecular weight is 335 g/mol. The minimum atomic E-state index is -0.491. The molecular formula is C12H13N7O3S. The molecule has 11 heteroatoms. The number of anilines is 2. The molecule has 0 aliphatic rings. The van der Waals surface area contributed by atoms with E-state index < -0.39 is 4.92 Å². The topological polar surface area (TPSA) is 111 Å². The first-order valence-electron chi connectivity index (χ1n) is 6.55. The quantitative estimate of drug-likeness (QED) is 0.556. The van der Waals surface area contributed by atoms with Crippen LogP contribution in [0.5, 0.6) is 0 Å². The van der Waals surface area contributed by atoms with Crippen molar-refractivity contribution in [2.45, 2.75) is 6.54 Å². The van der Waals surface area contributed by atoms with Crippen LogP contribution in [0.3, 0.4) is 0 Å². The number of hydrogen-bond acceptors (Lipinski definition) is 7. The number of nitro groups is 1. The first-order chi connectivity index (χ1) is 11.0. The van der Waals surface area contributed by atoms with Crippen molar-refractivity contribution in [1.82, 2.24) is 24.1 Å². The van der Waals surface area contributed by atoms with E-state index in [9.17, 15) is 14.9 Å². The number of nitrogens with one attached hydrogen (secondary N) is 1. The standard InChI is InChI=1S/C12H13N7O3S/c1-16(2)9(20)7-17-6-8(5-13-17)14-10-11(19(21)22)18-3-4-23-12(18)15-10/h3-6,14H,7H2,1-2H3. The Hall–Kier alpha value is -2.95. The van der Waals surface area contributed by atoms with E-state index in [0.29, 0.717) is 10.6 Å². The molecule has 1 amide bonds. The van der Waals surface area contributed by atoms with Gasteiger partial charge in [-0.3, -0.25) is 9.48 Å². The predicted molar refractivity (Wildman–Crippen MR) is 83.9 cm³/mol. The van der Waals surface area contributed by atoms with Crippen molar-refractivity contribution >= 4 is 39.5 Å². The highest BCUT2D eigenvalue weighted by atomic mass is 32.1. The van der Waals surface area contributed by atoms with Gasteiger partial charge in [-0.2, -0.15) is 14.5 Å². The summed E-state index contributed by atoms with van der Waals surface area (Å²) in [5, 5.41) is 19.9. The molecule has 1 N–H and O–H groups in total. The fourth-order valence-electron chi connectivity index (χ4n) is 1.96. The third kappa shape index (κ3) is 2.85. The molecule has 0 aliphatic heterocycles. The second-order valence-electron chi connectivity index (χ2n) is 4.94. The summed E-state index contributed by atoms with van der Waals surface area (Å²) in [5.41, 5.74) is 0.519. The second kappa shape index (κ2) is 5.68. The van der Waals surface area contributed by atoms with Crippen molar-refractivity contribution in [2.75, 3.05) is 19.4 Å². The van der Waals surface area contributed by atoms with E-state index in [1.807, 2.05) is 0 Å². The molecule has 0 saturated heterocycles. The van der Waals surface area contributed by atoms with Crippen LogP contribution in [0.2, 0.25) is 0 Å². The van der Waals surface area contributed by atoms with Crippen molar-refractivity contribution in [3.8, 4) is 0 Å². The maximum absolute atomic E-state index is 11.6. The molecule has 0 atom stereocenters. The molecule has 10 nitrogen and oxygen atoms in total. The molecule has 0 spiro atoms. The molecule has 0 bridgehead atoms. The lowest BCUT2D eigenvalue weighted by atomic mass is 10.5. The molecule has 0 saturated carbocycles. The van der Waals surface area contributed by atoms with Gasteiger partial charge >= 0.3 is 5.82 Å². The van der Waals surface area contributed by atoms with Gasteiger partial charge in [0.1, 0.15) is 12.7 Å². The number of hydrogen-bond donors (Lipinski definition) is 1. The Morgan fingerprint density at radius 1 is 1.52 bits per heavy atom. The molecule has 23 heavy (non-hydrogen) atoms. The molecule has 120 valence electrons. The molecule has 0 fully saturated rings. The smallest absolute Gasteiger partial charge is 0.358 e. The zero-order valence-corrected chi connectivity index (χ0v) is 13.1. The molecule has 0 aromatic carbocycles. The fraction of sp³-hybridized carbons (Fsp3) is 0.250. The van der Waals surface area contributed by atoms with E-state index in [-0.39, 0.29) is 24.1 Å².